The molecule has 1 unspecified atom stereocenters. The van der Waals surface area contributed by atoms with Gasteiger partial charge in [0.1, 0.15) is 0 Å². The Balaban J connectivity index is 1.73. The number of nitrogens with one attached hydrogen (secondary N) is 2. The van der Waals surface area contributed by atoms with Gasteiger partial charge in [0.05, 0.1) is 0 Å². The smallest absolute Gasteiger partial charge is 0.221 e. The molecule has 0 aromatic heterocycles. The molecule has 0 spiro atoms. The van der Waals surface area contributed by atoms with Crippen molar-refractivity contribution in [2.75, 3.05) is 13.1 Å². The fourth-order valence-corrected chi connectivity index (χ4v) is 2.67. The lowest BCUT2D eigenvalue weighted by molar-refractivity contribution is -0.119. The maximum atomic E-state index is 11.0. The van der Waals surface area contributed by atoms with Gasteiger partial charge in [-0.05, 0) is 13.0 Å². The monoisotopic (exact) mass is 268 g/mol. The Morgan fingerprint density at radius 2 is 1.58 bits per heavy atom. The van der Waals surface area contributed by atoms with E-state index in [1.807, 2.05) is 0 Å². The van der Waals surface area contributed by atoms with Gasteiger partial charge in [-0.2, -0.15) is 0 Å². The average Bonchev–Trinajstić information content (AvgIpc) is 2.82. The zero-order valence-electron chi connectivity index (χ0n) is 12.7. The molecular formula is C16H32N2O. The highest BCUT2D eigenvalue weighted by molar-refractivity contribution is 5.78. The minimum Gasteiger partial charge on any atom is -0.354 e. The molecule has 0 aromatic carbocycles. The van der Waals surface area contributed by atoms with Crippen molar-refractivity contribution in [3.8, 4) is 0 Å². The van der Waals surface area contributed by atoms with Gasteiger partial charge in [0.25, 0.3) is 0 Å². The highest BCUT2D eigenvalue weighted by Crippen LogP contribution is 2.10. The second kappa shape index (κ2) is 11.3. The standard InChI is InChI=1S/C16H32N2O/c1-2-3-4-5-6-7-8-9-10-11-12-17-15-13-16(19)18-14-15/h15,17H,2-14H2,1H3,(H,18,19). The van der Waals surface area contributed by atoms with E-state index in [0.29, 0.717) is 12.5 Å². The largest absolute Gasteiger partial charge is 0.354 e. The number of amides is 1. The SMILES string of the molecule is CCCCCCCCCCCCNC1CNC(=O)C1. The van der Waals surface area contributed by atoms with Crippen molar-refractivity contribution in [2.24, 2.45) is 0 Å². The highest BCUT2D eigenvalue weighted by atomic mass is 16.1. The molecule has 1 fully saturated rings. The Morgan fingerprint density at radius 1 is 1.00 bits per heavy atom. The molecule has 0 radical (unpaired) electrons. The normalized spacial score (nSPS) is 18.8. The van der Waals surface area contributed by atoms with Crippen molar-refractivity contribution in [2.45, 2.75) is 83.6 Å². The Kier molecular flexibility index (Phi) is 9.78. The van der Waals surface area contributed by atoms with Crippen LogP contribution in [0.4, 0.5) is 0 Å². The molecule has 1 saturated heterocycles. The summed E-state index contributed by atoms with van der Waals surface area (Å²) in [5.41, 5.74) is 0. The van der Waals surface area contributed by atoms with E-state index in [0.717, 1.165) is 13.1 Å². The Morgan fingerprint density at radius 3 is 2.11 bits per heavy atom. The summed E-state index contributed by atoms with van der Waals surface area (Å²) in [6, 6.07) is 0.381. The number of carbonyl (C=O) groups excluding carboxylic acids is 1. The van der Waals surface area contributed by atoms with Crippen molar-refractivity contribution >= 4 is 5.91 Å². The molecule has 0 bridgehead atoms. The van der Waals surface area contributed by atoms with Gasteiger partial charge in [0, 0.05) is 19.0 Å². The predicted octanol–water partition coefficient (Wildman–Crippen LogP) is 3.39. The fourth-order valence-electron chi connectivity index (χ4n) is 2.67. The second-order valence-corrected chi connectivity index (χ2v) is 5.84. The summed E-state index contributed by atoms with van der Waals surface area (Å²) < 4.78 is 0. The first-order valence-corrected chi connectivity index (χ1v) is 8.33. The predicted molar refractivity (Wildman–Crippen MR) is 81.3 cm³/mol. The minimum atomic E-state index is 0.195. The van der Waals surface area contributed by atoms with Crippen LogP contribution in [-0.2, 0) is 4.79 Å². The number of hydrogen-bond donors (Lipinski definition) is 2. The third-order valence-corrected chi connectivity index (χ3v) is 3.94. The van der Waals surface area contributed by atoms with Crippen molar-refractivity contribution < 1.29 is 4.79 Å². The lowest BCUT2D eigenvalue weighted by atomic mass is 10.1. The summed E-state index contributed by atoms with van der Waals surface area (Å²) in [5.74, 6) is 0.195. The van der Waals surface area contributed by atoms with Gasteiger partial charge in [0.15, 0.2) is 0 Å². The van der Waals surface area contributed by atoms with E-state index in [9.17, 15) is 4.79 Å². The van der Waals surface area contributed by atoms with Crippen LogP contribution < -0.4 is 10.6 Å². The molecule has 1 rings (SSSR count). The molecule has 1 aliphatic heterocycles. The van der Waals surface area contributed by atoms with Gasteiger partial charge in [-0.1, -0.05) is 64.7 Å². The molecule has 1 atom stereocenters. The average molecular weight is 268 g/mol. The zero-order chi connectivity index (χ0) is 13.8. The van der Waals surface area contributed by atoms with Crippen LogP contribution in [-0.4, -0.2) is 25.0 Å². The van der Waals surface area contributed by atoms with E-state index in [-0.39, 0.29) is 5.91 Å². The fraction of sp³-hybridized carbons (Fsp3) is 0.938. The first-order valence-electron chi connectivity index (χ1n) is 8.33. The molecule has 0 aliphatic carbocycles. The van der Waals surface area contributed by atoms with Gasteiger partial charge in [-0.3, -0.25) is 4.79 Å². The number of unbranched alkanes of at least 4 members (excludes halogenated alkanes) is 9. The molecule has 3 nitrogen and oxygen atoms in total. The zero-order valence-corrected chi connectivity index (χ0v) is 12.7. The van der Waals surface area contributed by atoms with Crippen LogP contribution >= 0.6 is 0 Å². The summed E-state index contributed by atoms with van der Waals surface area (Å²) in [7, 11) is 0. The van der Waals surface area contributed by atoms with Crippen LogP contribution in [0.1, 0.15) is 77.6 Å². The quantitative estimate of drug-likeness (QED) is 0.533. The van der Waals surface area contributed by atoms with Crippen LogP contribution in [0, 0.1) is 0 Å². The van der Waals surface area contributed by atoms with E-state index in [1.165, 1.54) is 64.2 Å². The van der Waals surface area contributed by atoms with Crippen LogP contribution in [0.5, 0.6) is 0 Å². The molecule has 19 heavy (non-hydrogen) atoms. The maximum Gasteiger partial charge on any atom is 0.221 e. The molecular weight excluding hydrogens is 236 g/mol. The summed E-state index contributed by atoms with van der Waals surface area (Å²) in [4.78, 5) is 11.0. The van der Waals surface area contributed by atoms with Crippen molar-refractivity contribution in [3.63, 3.8) is 0 Å². The molecule has 0 saturated carbocycles. The van der Waals surface area contributed by atoms with Gasteiger partial charge in [-0.25, -0.2) is 0 Å². The van der Waals surface area contributed by atoms with E-state index in [1.54, 1.807) is 0 Å². The van der Waals surface area contributed by atoms with Gasteiger partial charge in [0.2, 0.25) is 5.91 Å². The van der Waals surface area contributed by atoms with Crippen molar-refractivity contribution in [3.05, 3.63) is 0 Å². The van der Waals surface area contributed by atoms with Gasteiger partial charge in [-0.15, -0.1) is 0 Å². The summed E-state index contributed by atoms with van der Waals surface area (Å²) >= 11 is 0. The van der Waals surface area contributed by atoms with E-state index in [4.69, 9.17) is 0 Å². The highest BCUT2D eigenvalue weighted by Gasteiger charge is 2.19. The molecule has 112 valence electrons. The Hall–Kier alpha value is -0.570. The Bertz CT molecular complexity index is 231. The van der Waals surface area contributed by atoms with Crippen molar-refractivity contribution in [1.82, 2.24) is 10.6 Å². The molecule has 1 heterocycles. The molecule has 3 heteroatoms. The van der Waals surface area contributed by atoms with Gasteiger partial charge >= 0.3 is 0 Å². The topological polar surface area (TPSA) is 41.1 Å². The van der Waals surface area contributed by atoms with E-state index < -0.39 is 0 Å². The molecule has 1 aliphatic rings. The second-order valence-electron chi connectivity index (χ2n) is 5.84. The van der Waals surface area contributed by atoms with E-state index >= 15 is 0 Å². The summed E-state index contributed by atoms with van der Waals surface area (Å²) in [6.45, 7) is 4.15. The number of hydrogen-bond acceptors (Lipinski definition) is 2. The van der Waals surface area contributed by atoms with Crippen LogP contribution in [0.25, 0.3) is 0 Å². The van der Waals surface area contributed by atoms with Gasteiger partial charge < -0.3 is 10.6 Å². The summed E-state index contributed by atoms with van der Waals surface area (Å²) in [6.07, 6.45) is 14.5. The number of carbonyl (C=O) groups is 1. The molecule has 1 amide bonds. The Labute approximate surface area is 118 Å². The molecule has 2 N–H and O–H groups in total. The minimum absolute atomic E-state index is 0.195. The van der Waals surface area contributed by atoms with Crippen LogP contribution in [0.2, 0.25) is 0 Å². The summed E-state index contributed by atoms with van der Waals surface area (Å²) in [5, 5.41) is 6.31. The maximum absolute atomic E-state index is 11.0. The molecule has 0 aromatic rings. The first-order chi connectivity index (χ1) is 9.33. The first kappa shape index (κ1) is 16.5. The van der Waals surface area contributed by atoms with Crippen molar-refractivity contribution in [1.29, 1.82) is 0 Å². The van der Waals surface area contributed by atoms with Crippen LogP contribution in [0.3, 0.4) is 0 Å². The van der Waals surface area contributed by atoms with Crippen LogP contribution in [0.15, 0.2) is 0 Å². The lowest BCUT2D eigenvalue weighted by Crippen LogP contribution is -2.31. The third kappa shape index (κ3) is 9.04. The van der Waals surface area contributed by atoms with E-state index in [2.05, 4.69) is 17.6 Å². The number of rotatable bonds is 12. The lowest BCUT2D eigenvalue weighted by Gasteiger charge is -2.09. The third-order valence-electron chi connectivity index (χ3n) is 3.94.